The first-order chi connectivity index (χ1) is 12.1. The number of primary amides is 1. The molecule has 128 valence electrons. The zero-order chi connectivity index (χ0) is 17.4. The Kier molecular flexibility index (Phi) is 3.97. The average Bonchev–Trinajstić information content (AvgIpc) is 3.24. The van der Waals surface area contributed by atoms with E-state index in [0.29, 0.717) is 11.5 Å². The lowest BCUT2D eigenvalue weighted by Crippen LogP contribution is -2.21. The number of aromatic nitrogens is 3. The highest BCUT2D eigenvalue weighted by Crippen LogP contribution is 2.29. The number of aryl methyl sites for hydroxylation is 1. The van der Waals surface area contributed by atoms with Crippen molar-refractivity contribution in [1.82, 2.24) is 19.7 Å². The number of likely N-dealkylation sites (tertiary alicyclic amines) is 1. The number of hydrogen-bond acceptors (Lipinski definition) is 4. The van der Waals surface area contributed by atoms with Crippen molar-refractivity contribution < 1.29 is 4.79 Å². The summed E-state index contributed by atoms with van der Waals surface area (Å²) in [4.78, 5) is 19.1. The van der Waals surface area contributed by atoms with Crippen LogP contribution in [0, 0.1) is 0 Å². The molecule has 0 saturated carbocycles. The summed E-state index contributed by atoms with van der Waals surface area (Å²) < 4.78 is 1.91. The topological polar surface area (TPSA) is 77.0 Å². The molecule has 3 aromatic rings. The van der Waals surface area contributed by atoms with Gasteiger partial charge in [-0.05, 0) is 31.2 Å². The van der Waals surface area contributed by atoms with E-state index in [0.717, 1.165) is 42.7 Å². The van der Waals surface area contributed by atoms with Gasteiger partial charge in [-0.3, -0.25) is 19.4 Å². The van der Waals surface area contributed by atoms with Gasteiger partial charge in [-0.1, -0.05) is 18.2 Å². The second-order valence-electron chi connectivity index (χ2n) is 6.64. The zero-order valence-electron chi connectivity index (χ0n) is 14.2. The van der Waals surface area contributed by atoms with Crippen LogP contribution in [0.1, 0.15) is 34.1 Å². The van der Waals surface area contributed by atoms with E-state index in [-0.39, 0.29) is 0 Å². The number of amides is 1. The van der Waals surface area contributed by atoms with Crippen LogP contribution in [0.25, 0.3) is 10.9 Å². The summed E-state index contributed by atoms with van der Waals surface area (Å²) in [5.74, 6) is -0.0829. The second-order valence-corrected chi connectivity index (χ2v) is 6.64. The summed E-state index contributed by atoms with van der Waals surface area (Å²) in [6.07, 6.45) is 2.86. The van der Waals surface area contributed by atoms with Crippen LogP contribution >= 0.6 is 0 Å². The quantitative estimate of drug-likeness (QED) is 0.792. The highest BCUT2D eigenvalue weighted by Gasteiger charge is 2.26. The third kappa shape index (κ3) is 3.00. The van der Waals surface area contributed by atoms with Gasteiger partial charge in [0, 0.05) is 43.3 Å². The molecule has 3 heterocycles. The summed E-state index contributed by atoms with van der Waals surface area (Å²) in [5, 5.41) is 5.05. The van der Waals surface area contributed by atoms with Gasteiger partial charge in [0.05, 0.1) is 16.8 Å². The van der Waals surface area contributed by atoms with Gasteiger partial charge in [-0.2, -0.15) is 5.10 Å². The molecule has 2 N–H and O–H groups in total. The Morgan fingerprint density at radius 2 is 2.16 bits per heavy atom. The van der Waals surface area contributed by atoms with Gasteiger partial charge in [0.15, 0.2) is 0 Å². The molecule has 1 aliphatic rings. The Bertz CT molecular complexity index is 932. The average molecular weight is 335 g/mol. The number of para-hydroxylation sites is 1. The van der Waals surface area contributed by atoms with Crippen LogP contribution in [0.4, 0.5) is 0 Å². The van der Waals surface area contributed by atoms with E-state index in [1.165, 1.54) is 5.69 Å². The van der Waals surface area contributed by atoms with Gasteiger partial charge in [-0.15, -0.1) is 0 Å². The van der Waals surface area contributed by atoms with Crippen LogP contribution in [0.15, 0.2) is 42.6 Å². The molecule has 0 spiro atoms. The monoisotopic (exact) mass is 335 g/mol. The molecule has 1 fully saturated rings. The lowest BCUT2D eigenvalue weighted by molar-refractivity contribution is 0.100. The molecule has 1 atom stereocenters. The highest BCUT2D eigenvalue weighted by atomic mass is 16.1. The van der Waals surface area contributed by atoms with E-state index in [2.05, 4.69) is 10.00 Å². The van der Waals surface area contributed by atoms with Gasteiger partial charge < -0.3 is 5.73 Å². The maximum Gasteiger partial charge on any atom is 0.249 e. The van der Waals surface area contributed by atoms with Gasteiger partial charge in [0.1, 0.15) is 0 Å². The minimum Gasteiger partial charge on any atom is -0.366 e. The summed E-state index contributed by atoms with van der Waals surface area (Å²) in [6, 6.07) is 11.6. The first-order valence-electron chi connectivity index (χ1n) is 8.50. The van der Waals surface area contributed by atoms with Crippen molar-refractivity contribution in [2.45, 2.75) is 18.9 Å². The highest BCUT2D eigenvalue weighted by molar-refractivity contribution is 6.05. The van der Waals surface area contributed by atoms with Crippen LogP contribution in [0.5, 0.6) is 0 Å². The first-order valence-corrected chi connectivity index (χ1v) is 8.50. The predicted molar refractivity (Wildman–Crippen MR) is 96.1 cm³/mol. The molecular formula is C19H21N5O. The third-order valence-electron chi connectivity index (χ3n) is 5.00. The fourth-order valence-corrected chi connectivity index (χ4v) is 3.61. The molecule has 2 aromatic heterocycles. The molecule has 4 rings (SSSR count). The number of fused-ring (bicyclic) bond motifs is 1. The van der Waals surface area contributed by atoms with E-state index in [1.807, 2.05) is 54.3 Å². The molecule has 6 heteroatoms. The van der Waals surface area contributed by atoms with Crippen molar-refractivity contribution in [3.63, 3.8) is 0 Å². The van der Waals surface area contributed by atoms with Crippen molar-refractivity contribution in [3.05, 3.63) is 59.5 Å². The van der Waals surface area contributed by atoms with E-state index in [1.54, 1.807) is 0 Å². The number of benzene rings is 1. The Balaban J connectivity index is 1.60. The van der Waals surface area contributed by atoms with Crippen molar-refractivity contribution in [1.29, 1.82) is 0 Å². The molecule has 1 amide bonds. The minimum atomic E-state index is -0.399. The molecule has 1 saturated heterocycles. The van der Waals surface area contributed by atoms with Crippen molar-refractivity contribution >= 4 is 16.8 Å². The largest absolute Gasteiger partial charge is 0.366 e. The van der Waals surface area contributed by atoms with Crippen LogP contribution < -0.4 is 5.73 Å². The Morgan fingerprint density at radius 1 is 1.32 bits per heavy atom. The normalized spacial score (nSPS) is 18.0. The fourth-order valence-electron chi connectivity index (χ4n) is 3.61. The lowest BCUT2D eigenvalue weighted by Gasteiger charge is -2.16. The van der Waals surface area contributed by atoms with E-state index in [4.69, 9.17) is 10.7 Å². The number of carbonyl (C=O) groups excluding carboxylic acids is 1. The van der Waals surface area contributed by atoms with Gasteiger partial charge in [-0.25, -0.2) is 0 Å². The minimum absolute atomic E-state index is 0.316. The first kappa shape index (κ1) is 15.8. The van der Waals surface area contributed by atoms with Crippen LogP contribution in [-0.4, -0.2) is 38.7 Å². The second kappa shape index (κ2) is 6.29. The molecule has 0 aliphatic carbocycles. The van der Waals surface area contributed by atoms with E-state index in [9.17, 15) is 4.79 Å². The number of hydrogen-bond donors (Lipinski definition) is 1. The molecular weight excluding hydrogens is 314 g/mol. The standard InChI is InChI=1S/C19H21N5O/c1-23-14(6-8-21-23)12-24-9-7-13(11-24)18-10-16(19(20)25)15-4-2-3-5-17(15)22-18/h2-6,8,10,13H,7,9,11-12H2,1H3,(H2,20,25). The van der Waals surface area contributed by atoms with Crippen molar-refractivity contribution in [2.75, 3.05) is 13.1 Å². The van der Waals surface area contributed by atoms with Crippen molar-refractivity contribution in [2.24, 2.45) is 12.8 Å². The number of nitrogens with two attached hydrogens (primary N) is 1. The fraction of sp³-hybridized carbons (Fsp3) is 0.316. The summed E-state index contributed by atoms with van der Waals surface area (Å²) >= 11 is 0. The predicted octanol–water partition coefficient (Wildman–Crippen LogP) is 2.06. The maximum atomic E-state index is 11.9. The lowest BCUT2D eigenvalue weighted by atomic mass is 9.99. The third-order valence-corrected chi connectivity index (χ3v) is 5.00. The molecule has 6 nitrogen and oxygen atoms in total. The van der Waals surface area contributed by atoms with Gasteiger partial charge in [0.25, 0.3) is 0 Å². The number of rotatable bonds is 4. The molecule has 1 unspecified atom stereocenters. The summed E-state index contributed by atoms with van der Waals surface area (Å²) in [6.45, 7) is 2.81. The molecule has 1 aliphatic heterocycles. The maximum absolute atomic E-state index is 11.9. The Hall–Kier alpha value is -2.73. The molecule has 25 heavy (non-hydrogen) atoms. The number of carbonyl (C=O) groups is 1. The van der Waals surface area contributed by atoms with E-state index < -0.39 is 5.91 Å². The van der Waals surface area contributed by atoms with Crippen molar-refractivity contribution in [3.8, 4) is 0 Å². The zero-order valence-corrected chi connectivity index (χ0v) is 14.2. The van der Waals surface area contributed by atoms with Gasteiger partial charge >= 0.3 is 0 Å². The smallest absolute Gasteiger partial charge is 0.249 e. The van der Waals surface area contributed by atoms with E-state index >= 15 is 0 Å². The Morgan fingerprint density at radius 3 is 2.92 bits per heavy atom. The van der Waals surface area contributed by atoms with Crippen LogP contribution in [0.2, 0.25) is 0 Å². The number of nitrogens with zero attached hydrogens (tertiary/aromatic N) is 4. The van der Waals surface area contributed by atoms with Crippen LogP contribution in [-0.2, 0) is 13.6 Å². The number of pyridine rings is 1. The van der Waals surface area contributed by atoms with Gasteiger partial charge in [0.2, 0.25) is 5.91 Å². The molecule has 0 bridgehead atoms. The Labute approximate surface area is 146 Å². The van der Waals surface area contributed by atoms with Crippen LogP contribution in [0.3, 0.4) is 0 Å². The molecule has 0 radical (unpaired) electrons. The summed E-state index contributed by atoms with van der Waals surface area (Å²) in [5.41, 5.74) is 9.15. The summed E-state index contributed by atoms with van der Waals surface area (Å²) in [7, 11) is 1.97. The SMILES string of the molecule is Cn1nccc1CN1CCC(c2cc(C(N)=O)c3ccccc3n2)C1. The molecule has 1 aromatic carbocycles.